The summed E-state index contributed by atoms with van der Waals surface area (Å²) in [7, 11) is 0. The van der Waals surface area contributed by atoms with Gasteiger partial charge < -0.3 is 15.8 Å². The van der Waals surface area contributed by atoms with E-state index < -0.39 is 5.91 Å². The van der Waals surface area contributed by atoms with Gasteiger partial charge in [-0.2, -0.15) is 0 Å². The maximum atomic E-state index is 12.2. The Balaban J connectivity index is 1.62. The van der Waals surface area contributed by atoms with Gasteiger partial charge in [0, 0.05) is 0 Å². The normalized spacial score (nSPS) is 16.1. The average molecular weight is 324 g/mol. The van der Waals surface area contributed by atoms with E-state index in [-0.39, 0.29) is 24.1 Å². The van der Waals surface area contributed by atoms with Crippen LogP contribution in [0.4, 0.5) is 0 Å². The van der Waals surface area contributed by atoms with Crippen LogP contribution in [-0.4, -0.2) is 18.4 Å². The number of para-hydroxylation sites is 1. The SMILES string of the molecule is NC(=O)c1ccccc1OCC(=O)N[C@H]1CCCc2ccccc21. The van der Waals surface area contributed by atoms with Gasteiger partial charge >= 0.3 is 0 Å². The minimum atomic E-state index is -0.577. The Morgan fingerprint density at radius 2 is 1.88 bits per heavy atom. The molecule has 1 aliphatic carbocycles. The monoisotopic (exact) mass is 324 g/mol. The van der Waals surface area contributed by atoms with Crippen molar-refractivity contribution in [3.8, 4) is 5.75 Å². The fraction of sp³-hybridized carbons (Fsp3) is 0.263. The van der Waals surface area contributed by atoms with Crippen molar-refractivity contribution in [2.75, 3.05) is 6.61 Å². The molecule has 0 fully saturated rings. The molecule has 24 heavy (non-hydrogen) atoms. The van der Waals surface area contributed by atoms with Gasteiger partial charge in [-0.05, 0) is 42.5 Å². The molecule has 124 valence electrons. The van der Waals surface area contributed by atoms with E-state index in [4.69, 9.17) is 10.5 Å². The van der Waals surface area contributed by atoms with Crippen molar-refractivity contribution < 1.29 is 14.3 Å². The predicted octanol–water partition coefficient (Wildman–Crippen LogP) is 2.36. The molecule has 0 spiro atoms. The van der Waals surface area contributed by atoms with Crippen LogP contribution in [0, 0.1) is 0 Å². The molecule has 0 saturated heterocycles. The van der Waals surface area contributed by atoms with E-state index in [0.29, 0.717) is 5.75 Å². The molecule has 0 aliphatic heterocycles. The third-order valence-electron chi connectivity index (χ3n) is 4.22. The highest BCUT2D eigenvalue weighted by Crippen LogP contribution is 2.29. The largest absolute Gasteiger partial charge is 0.483 e. The van der Waals surface area contributed by atoms with Gasteiger partial charge in [-0.1, -0.05) is 36.4 Å². The second-order valence-electron chi connectivity index (χ2n) is 5.86. The summed E-state index contributed by atoms with van der Waals surface area (Å²) >= 11 is 0. The first kappa shape index (κ1) is 16.1. The van der Waals surface area contributed by atoms with Crippen molar-refractivity contribution in [2.24, 2.45) is 5.73 Å². The Kier molecular flexibility index (Phi) is 4.79. The van der Waals surface area contributed by atoms with Gasteiger partial charge in [0.1, 0.15) is 5.75 Å². The van der Waals surface area contributed by atoms with Gasteiger partial charge in [0.25, 0.3) is 11.8 Å². The fourth-order valence-corrected chi connectivity index (χ4v) is 3.08. The van der Waals surface area contributed by atoms with Gasteiger partial charge in [0.05, 0.1) is 11.6 Å². The Morgan fingerprint density at radius 1 is 1.12 bits per heavy atom. The van der Waals surface area contributed by atoms with Crippen LogP contribution in [0.5, 0.6) is 5.75 Å². The average Bonchev–Trinajstić information content (AvgIpc) is 2.60. The minimum Gasteiger partial charge on any atom is -0.483 e. The minimum absolute atomic E-state index is 0.0115. The molecule has 0 heterocycles. The number of benzene rings is 2. The number of carbonyl (C=O) groups excluding carboxylic acids is 2. The first-order valence-electron chi connectivity index (χ1n) is 8.04. The molecule has 2 amide bonds. The zero-order chi connectivity index (χ0) is 16.9. The number of nitrogens with one attached hydrogen (secondary N) is 1. The highest BCUT2D eigenvalue weighted by molar-refractivity contribution is 5.95. The number of carbonyl (C=O) groups is 2. The van der Waals surface area contributed by atoms with Crippen molar-refractivity contribution >= 4 is 11.8 Å². The molecular weight excluding hydrogens is 304 g/mol. The molecule has 0 saturated carbocycles. The number of aryl methyl sites for hydroxylation is 1. The molecule has 2 aromatic carbocycles. The van der Waals surface area contributed by atoms with Gasteiger partial charge in [-0.15, -0.1) is 0 Å². The number of hydrogen-bond acceptors (Lipinski definition) is 3. The Bertz CT molecular complexity index is 758. The quantitative estimate of drug-likeness (QED) is 0.886. The summed E-state index contributed by atoms with van der Waals surface area (Å²) in [5.74, 6) is -0.465. The molecule has 3 rings (SSSR count). The van der Waals surface area contributed by atoms with Gasteiger partial charge in [-0.3, -0.25) is 9.59 Å². The third-order valence-corrected chi connectivity index (χ3v) is 4.22. The number of hydrogen-bond donors (Lipinski definition) is 2. The number of rotatable bonds is 5. The topological polar surface area (TPSA) is 81.4 Å². The Labute approximate surface area is 140 Å². The van der Waals surface area contributed by atoms with Crippen molar-refractivity contribution in [2.45, 2.75) is 25.3 Å². The highest BCUT2D eigenvalue weighted by atomic mass is 16.5. The van der Waals surface area contributed by atoms with Crippen molar-refractivity contribution in [1.29, 1.82) is 0 Å². The number of amides is 2. The van der Waals surface area contributed by atoms with Crippen LogP contribution in [0.2, 0.25) is 0 Å². The zero-order valence-electron chi connectivity index (χ0n) is 13.3. The second-order valence-corrected chi connectivity index (χ2v) is 5.86. The molecule has 2 aromatic rings. The van der Waals surface area contributed by atoms with Crippen molar-refractivity contribution in [3.63, 3.8) is 0 Å². The molecule has 1 atom stereocenters. The first-order valence-corrected chi connectivity index (χ1v) is 8.04. The highest BCUT2D eigenvalue weighted by Gasteiger charge is 2.21. The lowest BCUT2D eigenvalue weighted by atomic mass is 9.88. The fourth-order valence-electron chi connectivity index (χ4n) is 3.08. The summed E-state index contributed by atoms with van der Waals surface area (Å²) in [5, 5.41) is 3.01. The van der Waals surface area contributed by atoms with Crippen LogP contribution in [0.15, 0.2) is 48.5 Å². The van der Waals surface area contributed by atoms with Crippen molar-refractivity contribution in [1.82, 2.24) is 5.32 Å². The van der Waals surface area contributed by atoms with Gasteiger partial charge in [0.2, 0.25) is 0 Å². The third kappa shape index (κ3) is 3.56. The zero-order valence-corrected chi connectivity index (χ0v) is 13.3. The summed E-state index contributed by atoms with van der Waals surface area (Å²) in [6, 6.07) is 14.8. The van der Waals surface area contributed by atoms with Crippen LogP contribution in [0.1, 0.15) is 40.4 Å². The number of ether oxygens (including phenoxy) is 1. The van der Waals surface area contributed by atoms with E-state index in [9.17, 15) is 9.59 Å². The summed E-state index contributed by atoms with van der Waals surface area (Å²) in [4.78, 5) is 23.6. The summed E-state index contributed by atoms with van der Waals surface area (Å²) in [6.45, 7) is -0.150. The molecule has 5 heteroatoms. The lowest BCUT2D eigenvalue weighted by molar-refractivity contribution is -0.124. The molecule has 5 nitrogen and oxygen atoms in total. The lowest BCUT2D eigenvalue weighted by Gasteiger charge is -2.26. The summed E-state index contributed by atoms with van der Waals surface area (Å²) in [6.07, 6.45) is 3.01. The van der Waals surface area contributed by atoms with Crippen LogP contribution in [-0.2, 0) is 11.2 Å². The second kappa shape index (κ2) is 7.17. The lowest BCUT2D eigenvalue weighted by Crippen LogP contribution is -2.34. The summed E-state index contributed by atoms with van der Waals surface area (Å²) in [5.41, 5.74) is 8.04. The van der Waals surface area contributed by atoms with Crippen LogP contribution in [0.25, 0.3) is 0 Å². The maximum Gasteiger partial charge on any atom is 0.258 e. The van der Waals surface area contributed by atoms with Crippen LogP contribution >= 0.6 is 0 Å². The molecule has 1 aliphatic rings. The molecule has 0 bridgehead atoms. The van der Waals surface area contributed by atoms with E-state index in [1.165, 1.54) is 11.1 Å². The standard InChI is InChI=1S/C19H20N2O3/c20-19(23)15-9-3-4-11-17(15)24-12-18(22)21-16-10-5-7-13-6-1-2-8-14(13)16/h1-4,6,8-9,11,16H,5,7,10,12H2,(H2,20,23)(H,21,22)/t16-/m0/s1. The van der Waals surface area contributed by atoms with Gasteiger partial charge in [-0.25, -0.2) is 0 Å². The molecule has 0 aromatic heterocycles. The smallest absolute Gasteiger partial charge is 0.258 e. The Hall–Kier alpha value is -2.82. The number of primary amides is 1. The van der Waals surface area contributed by atoms with Crippen LogP contribution in [0.3, 0.4) is 0 Å². The molecule has 3 N–H and O–H groups in total. The molecule has 0 radical (unpaired) electrons. The predicted molar refractivity (Wildman–Crippen MR) is 90.7 cm³/mol. The van der Waals surface area contributed by atoms with Crippen LogP contribution < -0.4 is 15.8 Å². The van der Waals surface area contributed by atoms with Crippen molar-refractivity contribution in [3.05, 3.63) is 65.2 Å². The Morgan fingerprint density at radius 3 is 2.71 bits per heavy atom. The van der Waals surface area contributed by atoms with E-state index in [2.05, 4.69) is 17.4 Å². The molecule has 0 unspecified atom stereocenters. The first-order chi connectivity index (χ1) is 11.6. The van der Waals surface area contributed by atoms with E-state index in [1.807, 2.05) is 12.1 Å². The molecular formula is C19H20N2O3. The number of nitrogens with two attached hydrogens (primary N) is 1. The summed E-state index contributed by atoms with van der Waals surface area (Å²) < 4.78 is 5.48. The van der Waals surface area contributed by atoms with E-state index in [0.717, 1.165) is 19.3 Å². The van der Waals surface area contributed by atoms with Gasteiger partial charge in [0.15, 0.2) is 6.61 Å². The maximum absolute atomic E-state index is 12.2. The van der Waals surface area contributed by atoms with E-state index >= 15 is 0 Å². The van der Waals surface area contributed by atoms with E-state index in [1.54, 1.807) is 24.3 Å². The number of fused-ring (bicyclic) bond motifs is 1.